The molecule has 2 fully saturated rings. The van der Waals surface area contributed by atoms with Crippen molar-refractivity contribution in [2.45, 2.75) is 50.7 Å². The second kappa shape index (κ2) is 8.21. The summed E-state index contributed by atoms with van der Waals surface area (Å²) in [5.74, 6) is 0.750. The van der Waals surface area contributed by atoms with Crippen molar-refractivity contribution in [3.05, 3.63) is 59.4 Å². The fraction of sp³-hybridized carbons (Fsp3) is 0.417. The highest BCUT2D eigenvalue weighted by Gasteiger charge is 2.43. The van der Waals surface area contributed by atoms with E-state index in [2.05, 4.69) is 0 Å². The molecular weight excluding hydrogens is 399 g/mol. The average molecular weight is 424 g/mol. The van der Waals surface area contributed by atoms with E-state index in [1.807, 2.05) is 18.2 Å². The van der Waals surface area contributed by atoms with Gasteiger partial charge in [-0.05, 0) is 48.2 Å². The summed E-state index contributed by atoms with van der Waals surface area (Å²) < 4.78 is 24.4. The van der Waals surface area contributed by atoms with Crippen molar-refractivity contribution in [1.29, 1.82) is 0 Å². The molecule has 0 bridgehead atoms. The van der Waals surface area contributed by atoms with Crippen LogP contribution < -0.4 is 9.47 Å². The predicted molar refractivity (Wildman–Crippen MR) is 111 cm³/mol. The number of halogens is 1. The molecule has 31 heavy (non-hydrogen) atoms. The second-order valence-electron chi connectivity index (χ2n) is 8.42. The quantitative estimate of drug-likeness (QED) is 0.749. The number of fused-ring (bicyclic) bond motifs is 1. The third-order valence-corrected chi connectivity index (χ3v) is 6.45. The number of carbonyl (C=O) groups is 2. The monoisotopic (exact) mass is 424 g/mol. The Hall–Kier alpha value is -3.09. The minimum atomic E-state index is -0.769. The Labute approximate surface area is 180 Å². The van der Waals surface area contributed by atoms with Gasteiger partial charge in [-0.2, -0.15) is 0 Å². The van der Waals surface area contributed by atoms with Crippen molar-refractivity contribution < 1.29 is 23.5 Å². The van der Waals surface area contributed by atoms with Gasteiger partial charge in [-0.15, -0.1) is 0 Å². The summed E-state index contributed by atoms with van der Waals surface area (Å²) in [6.45, 7) is 0.530. The normalized spacial score (nSPS) is 21.6. The third-order valence-electron chi connectivity index (χ3n) is 6.45. The topological polar surface area (TPSA) is 59.1 Å². The molecule has 1 saturated carbocycles. The number of hydrogen-bond acceptors (Lipinski definition) is 4. The van der Waals surface area contributed by atoms with Gasteiger partial charge in [0, 0.05) is 12.6 Å². The molecule has 162 valence electrons. The van der Waals surface area contributed by atoms with Crippen LogP contribution in [0.2, 0.25) is 0 Å². The zero-order chi connectivity index (χ0) is 21.4. The lowest BCUT2D eigenvalue weighted by Gasteiger charge is -2.44. The Kier molecular flexibility index (Phi) is 5.26. The van der Waals surface area contributed by atoms with Crippen LogP contribution in [0, 0.1) is 5.82 Å². The smallest absolute Gasteiger partial charge is 0.250 e. The van der Waals surface area contributed by atoms with Gasteiger partial charge in [-0.25, -0.2) is 4.39 Å². The maximum absolute atomic E-state index is 13.6. The van der Waals surface area contributed by atoms with Crippen LogP contribution >= 0.6 is 0 Å². The van der Waals surface area contributed by atoms with Crippen LogP contribution in [0.5, 0.6) is 11.5 Å². The van der Waals surface area contributed by atoms with Crippen molar-refractivity contribution in [2.24, 2.45) is 0 Å². The highest BCUT2D eigenvalue weighted by Crippen LogP contribution is 2.36. The Morgan fingerprint density at radius 1 is 0.935 bits per heavy atom. The van der Waals surface area contributed by atoms with Crippen molar-refractivity contribution in [3.8, 4) is 11.5 Å². The van der Waals surface area contributed by atoms with Crippen LogP contribution in [0.25, 0.3) is 0 Å². The van der Waals surface area contributed by atoms with Gasteiger partial charge in [0.05, 0.1) is 0 Å². The first kappa shape index (κ1) is 19.8. The first-order valence-electron chi connectivity index (χ1n) is 10.8. The van der Waals surface area contributed by atoms with Crippen molar-refractivity contribution in [3.63, 3.8) is 0 Å². The fourth-order valence-corrected chi connectivity index (χ4v) is 4.83. The lowest BCUT2D eigenvalue weighted by molar-refractivity contribution is -0.160. The third kappa shape index (κ3) is 3.84. The molecule has 0 unspecified atom stereocenters. The highest BCUT2D eigenvalue weighted by atomic mass is 19.1. The highest BCUT2D eigenvalue weighted by molar-refractivity contribution is 5.95. The van der Waals surface area contributed by atoms with E-state index >= 15 is 0 Å². The van der Waals surface area contributed by atoms with Gasteiger partial charge >= 0.3 is 0 Å². The summed E-state index contributed by atoms with van der Waals surface area (Å²) in [4.78, 5) is 30.3. The zero-order valence-corrected chi connectivity index (χ0v) is 17.3. The lowest BCUT2D eigenvalue weighted by atomic mass is 9.91. The molecule has 1 aliphatic carbocycles. The number of nitrogens with zero attached hydrogens (tertiary/aromatic N) is 2. The van der Waals surface area contributed by atoms with Gasteiger partial charge in [0.25, 0.3) is 5.91 Å². The summed E-state index contributed by atoms with van der Waals surface area (Å²) >= 11 is 0. The van der Waals surface area contributed by atoms with E-state index in [1.54, 1.807) is 21.9 Å². The molecule has 5 rings (SSSR count). The lowest BCUT2D eigenvalue weighted by Crippen LogP contribution is -2.58. The maximum atomic E-state index is 13.6. The van der Waals surface area contributed by atoms with Crippen LogP contribution in [0.3, 0.4) is 0 Å². The summed E-state index contributed by atoms with van der Waals surface area (Å²) in [5, 5.41) is 0. The molecule has 0 N–H and O–H groups in total. The van der Waals surface area contributed by atoms with E-state index in [4.69, 9.17) is 9.47 Å². The first-order chi connectivity index (χ1) is 15.1. The molecular formula is C24H25FN2O4. The van der Waals surface area contributed by atoms with Gasteiger partial charge in [-0.3, -0.25) is 9.59 Å². The first-order valence-corrected chi connectivity index (χ1v) is 10.8. The summed E-state index contributed by atoms with van der Waals surface area (Å²) in [6, 6.07) is 10.7. The maximum Gasteiger partial charge on any atom is 0.250 e. The second-order valence-corrected chi connectivity index (χ2v) is 8.42. The summed E-state index contributed by atoms with van der Waals surface area (Å²) in [6.07, 6.45) is 5.17. The van der Waals surface area contributed by atoms with Crippen LogP contribution in [0.15, 0.2) is 42.5 Å². The van der Waals surface area contributed by atoms with Crippen molar-refractivity contribution >= 4 is 11.8 Å². The van der Waals surface area contributed by atoms with E-state index < -0.39 is 6.04 Å². The largest absolute Gasteiger partial charge is 0.454 e. The van der Waals surface area contributed by atoms with Crippen LogP contribution in [-0.2, 0) is 16.1 Å². The molecule has 0 aromatic heterocycles. The molecule has 2 heterocycles. The van der Waals surface area contributed by atoms with Crippen LogP contribution in [0.4, 0.5) is 4.39 Å². The van der Waals surface area contributed by atoms with E-state index in [0.717, 1.165) is 31.2 Å². The molecule has 0 radical (unpaired) electrons. The minimum absolute atomic E-state index is 0.0844. The van der Waals surface area contributed by atoms with Crippen molar-refractivity contribution in [2.75, 3.05) is 13.3 Å². The molecule has 1 atom stereocenters. The van der Waals surface area contributed by atoms with Gasteiger partial charge in [0.15, 0.2) is 11.5 Å². The number of hydrogen-bond donors (Lipinski definition) is 0. The predicted octanol–water partition coefficient (Wildman–Crippen LogP) is 3.80. The molecule has 3 aliphatic rings. The molecule has 0 spiro atoms. The molecule has 6 nitrogen and oxygen atoms in total. The number of piperazine rings is 1. The number of carbonyl (C=O) groups excluding carboxylic acids is 2. The fourth-order valence-electron chi connectivity index (χ4n) is 4.83. The molecule has 2 aromatic carbocycles. The summed E-state index contributed by atoms with van der Waals surface area (Å²) in [5.41, 5.74) is 1.48. The van der Waals surface area contributed by atoms with E-state index in [1.165, 1.54) is 18.6 Å². The zero-order valence-electron chi connectivity index (χ0n) is 17.3. The molecule has 7 heteroatoms. The van der Waals surface area contributed by atoms with Crippen LogP contribution in [0.1, 0.15) is 49.3 Å². The van der Waals surface area contributed by atoms with Gasteiger partial charge in [0.2, 0.25) is 12.7 Å². The van der Waals surface area contributed by atoms with Crippen LogP contribution in [-0.4, -0.2) is 41.0 Å². The summed E-state index contributed by atoms with van der Waals surface area (Å²) in [7, 11) is 0. The Morgan fingerprint density at radius 2 is 1.68 bits per heavy atom. The van der Waals surface area contributed by atoms with Gasteiger partial charge in [-0.1, -0.05) is 37.5 Å². The van der Waals surface area contributed by atoms with E-state index in [0.29, 0.717) is 17.1 Å². The number of ether oxygens (including phenoxy) is 2. The van der Waals surface area contributed by atoms with E-state index in [-0.39, 0.29) is 43.6 Å². The van der Waals surface area contributed by atoms with Crippen molar-refractivity contribution in [1.82, 2.24) is 9.80 Å². The molecule has 1 saturated heterocycles. The Bertz CT molecular complexity index is 988. The Morgan fingerprint density at radius 3 is 2.45 bits per heavy atom. The van der Waals surface area contributed by atoms with Gasteiger partial charge < -0.3 is 19.3 Å². The number of benzene rings is 2. The molecule has 2 aliphatic heterocycles. The van der Waals surface area contributed by atoms with Gasteiger partial charge in [0.1, 0.15) is 18.4 Å². The minimum Gasteiger partial charge on any atom is -0.454 e. The van der Waals surface area contributed by atoms with E-state index in [9.17, 15) is 14.0 Å². The Balaban J connectivity index is 1.47. The number of amides is 2. The average Bonchev–Trinajstić information content (AvgIpc) is 3.26. The SMILES string of the molecule is O=C1[C@@H](c2ccc(F)cc2)N(Cc2ccc3c(c2)OCO3)C(=O)CN1C1CCCCC1. The standard InChI is InChI=1S/C24H25FN2O4/c25-18-9-7-17(8-10-18)23-24(29)26(19-4-2-1-3-5-19)14-22(28)27(23)13-16-6-11-20-21(12-16)31-15-30-20/h6-12,19,23H,1-5,13-15H2/t23-/m1/s1. The number of rotatable bonds is 4. The molecule has 2 aromatic rings. The molecule has 2 amide bonds.